The second-order valence-electron chi connectivity index (χ2n) is 6.85. The zero-order valence-electron chi connectivity index (χ0n) is 15.2. The molecule has 0 radical (unpaired) electrons. The van der Waals surface area contributed by atoms with Gasteiger partial charge in [-0.15, -0.1) is 0 Å². The third kappa shape index (κ3) is 3.92. The summed E-state index contributed by atoms with van der Waals surface area (Å²) in [6, 6.07) is 5.88. The van der Waals surface area contributed by atoms with Crippen LogP contribution >= 0.6 is 0 Å². The molecule has 1 aromatic rings. The third-order valence-corrected chi connectivity index (χ3v) is 4.85. The quantitative estimate of drug-likeness (QED) is 0.866. The number of benzene rings is 1. The summed E-state index contributed by atoms with van der Waals surface area (Å²) in [7, 11) is 0. The molecule has 0 bridgehead atoms. The van der Waals surface area contributed by atoms with E-state index in [-0.39, 0.29) is 24.1 Å². The van der Waals surface area contributed by atoms with E-state index < -0.39 is 0 Å². The van der Waals surface area contributed by atoms with Crippen molar-refractivity contribution >= 4 is 23.4 Å². The van der Waals surface area contributed by atoms with Crippen LogP contribution in [0.25, 0.3) is 0 Å². The fraction of sp³-hybridized carbons (Fsp3) is 0.474. The van der Waals surface area contributed by atoms with Crippen LogP contribution in [0.2, 0.25) is 0 Å². The molecule has 7 heteroatoms. The highest BCUT2D eigenvalue weighted by atomic mass is 16.2. The van der Waals surface area contributed by atoms with Gasteiger partial charge in [-0.1, -0.05) is 17.7 Å². The number of nitrogens with zero attached hydrogens (tertiary/aromatic N) is 3. The van der Waals surface area contributed by atoms with Crippen molar-refractivity contribution in [3.63, 3.8) is 0 Å². The SMILES string of the molecule is Cc1ccc(C)c(C(=O)N2CCCN(C(=O)C3=NNC(=O)CC3)CC2)c1. The molecule has 0 unspecified atom stereocenters. The summed E-state index contributed by atoms with van der Waals surface area (Å²) in [6.45, 7) is 6.10. The van der Waals surface area contributed by atoms with E-state index in [9.17, 15) is 14.4 Å². The van der Waals surface area contributed by atoms with Crippen LogP contribution in [-0.4, -0.2) is 59.4 Å². The maximum Gasteiger partial charge on any atom is 0.270 e. The average molecular weight is 356 g/mol. The molecule has 7 nitrogen and oxygen atoms in total. The Bertz CT molecular complexity index is 772. The molecule has 0 aromatic heterocycles. The first-order chi connectivity index (χ1) is 12.5. The zero-order chi connectivity index (χ0) is 18.7. The number of aryl methyl sites for hydroxylation is 2. The Morgan fingerprint density at radius 3 is 2.35 bits per heavy atom. The Hall–Kier alpha value is -2.70. The number of rotatable bonds is 2. The van der Waals surface area contributed by atoms with Gasteiger partial charge in [0, 0.05) is 44.6 Å². The van der Waals surface area contributed by atoms with Crippen molar-refractivity contribution in [2.24, 2.45) is 5.10 Å². The van der Waals surface area contributed by atoms with Crippen molar-refractivity contribution in [1.29, 1.82) is 0 Å². The van der Waals surface area contributed by atoms with Crippen LogP contribution in [0.5, 0.6) is 0 Å². The summed E-state index contributed by atoms with van der Waals surface area (Å²) in [5.41, 5.74) is 5.50. The Morgan fingerprint density at radius 1 is 1.00 bits per heavy atom. The number of carbonyl (C=O) groups excluding carboxylic acids is 3. The van der Waals surface area contributed by atoms with Gasteiger partial charge >= 0.3 is 0 Å². The fourth-order valence-electron chi connectivity index (χ4n) is 3.27. The molecule has 1 aromatic carbocycles. The van der Waals surface area contributed by atoms with Crippen molar-refractivity contribution in [1.82, 2.24) is 15.2 Å². The van der Waals surface area contributed by atoms with Gasteiger partial charge in [0.05, 0.1) is 0 Å². The number of hydrogen-bond acceptors (Lipinski definition) is 4. The molecule has 26 heavy (non-hydrogen) atoms. The smallest absolute Gasteiger partial charge is 0.270 e. The van der Waals surface area contributed by atoms with Gasteiger partial charge in [0.1, 0.15) is 5.71 Å². The highest BCUT2D eigenvalue weighted by molar-refractivity contribution is 6.39. The van der Waals surface area contributed by atoms with Gasteiger partial charge in [-0.3, -0.25) is 14.4 Å². The number of nitrogens with one attached hydrogen (secondary N) is 1. The van der Waals surface area contributed by atoms with E-state index in [0.29, 0.717) is 38.3 Å². The fourth-order valence-corrected chi connectivity index (χ4v) is 3.27. The second kappa shape index (κ2) is 7.68. The number of hydrazone groups is 1. The number of hydrogen-bond donors (Lipinski definition) is 1. The lowest BCUT2D eigenvalue weighted by atomic mass is 10.0. The van der Waals surface area contributed by atoms with Crippen molar-refractivity contribution in [2.45, 2.75) is 33.1 Å². The van der Waals surface area contributed by atoms with Gasteiger partial charge in [0.15, 0.2) is 0 Å². The van der Waals surface area contributed by atoms with Crippen LogP contribution in [0.3, 0.4) is 0 Å². The van der Waals surface area contributed by atoms with E-state index in [2.05, 4.69) is 10.5 Å². The van der Waals surface area contributed by atoms with E-state index in [4.69, 9.17) is 0 Å². The van der Waals surface area contributed by atoms with Gasteiger partial charge in [0.2, 0.25) is 5.91 Å². The standard InChI is InChI=1S/C19H24N4O3/c1-13-4-5-14(2)15(12-13)18(25)22-8-3-9-23(11-10-22)19(26)16-6-7-17(24)21-20-16/h4-5,12H,3,6-11H2,1-2H3,(H,21,24). The van der Waals surface area contributed by atoms with Crippen molar-refractivity contribution in [3.8, 4) is 0 Å². The van der Waals surface area contributed by atoms with E-state index >= 15 is 0 Å². The van der Waals surface area contributed by atoms with E-state index in [1.54, 1.807) is 4.90 Å². The predicted octanol–water partition coefficient (Wildman–Crippen LogP) is 1.24. The maximum atomic E-state index is 12.9. The largest absolute Gasteiger partial charge is 0.337 e. The Kier molecular flexibility index (Phi) is 5.35. The van der Waals surface area contributed by atoms with Gasteiger partial charge < -0.3 is 9.80 Å². The average Bonchev–Trinajstić information content (AvgIpc) is 2.89. The topological polar surface area (TPSA) is 82.1 Å². The minimum atomic E-state index is -0.164. The molecule has 0 spiro atoms. The third-order valence-electron chi connectivity index (χ3n) is 4.85. The molecule has 3 amide bonds. The van der Waals surface area contributed by atoms with Crippen molar-refractivity contribution in [2.75, 3.05) is 26.2 Å². The minimum absolute atomic E-state index is 0.0165. The van der Waals surface area contributed by atoms with Crippen LogP contribution in [0.15, 0.2) is 23.3 Å². The molecule has 0 aliphatic carbocycles. The van der Waals surface area contributed by atoms with Crippen LogP contribution < -0.4 is 5.43 Å². The lowest BCUT2D eigenvalue weighted by molar-refractivity contribution is -0.124. The Balaban J connectivity index is 1.66. The lowest BCUT2D eigenvalue weighted by Crippen LogP contribution is -2.42. The lowest BCUT2D eigenvalue weighted by Gasteiger charge is -2.24. The molecule has 138 valence electrons. The second-order valence-corrected chi connectivity index (χ2v) is 6.85. The highest BCUT2D eigenvalue weighted by Crippen LogP contribution is 2.16. The van der Waals surface area contributed by atoms with Gasteiger partial charge in [-0.2, -0.15) is 5.10 Å². The van der Waals surface area contributed by atoms with E-state index in [0.717, 1.165) is 23.1 Å². The molecule has 2 aliphatic rings. The summed E-state index contributed by atoms with van der Waals surface area (Å²) >= 11 is 0. The van der Waals surface area contributed by atoms with E-state index in [1.165, 1.54) is 0 Å². The molecule has 3 rings (SSSR count). The van der Waals surface area contributed by atoms with Crippen LogP contribution in [-0.2, 0) is 9.59 Å². The first-order valence-corrected chi connectivity index (χ1v) is 8.97. The molecule has 2 aliphatic heterocycles. The highest BCUT2D eigenvalue weighted by Gasteiger charge is 2.27. The van der Waals surface area contributed by atoms with Gasteiger partial charge in [-0.05, 0) is 31.9 Å². The van der Waals surface area contributed by atoms with Crippen molar-refractivity contribution < 1.29 is 14.4 Å². The van der Waals surface area contributed by atoms with E-state index in [1.807, 2.05) is 36.9 Å². The summed E-state index contributed by atoms with van der Waals surface area (Å²) in [5.74, 6) is -0.295. The molecule has 0 atom stereocenters. The molecular weight excluding hydrogens is 332 g/mol. The monoisotopic (exact) mass is 356 g/mol. The summed E-state index contributed by atoms with van der Waals surface area (Å²) < 4.78 is 0. The number of carbonyl (C=O) groups is 3. The minimum Gasteiger partial charge on any atom is -0.337 e. The molecule has 1 N–H and O–H groups in total. The summed E-state index contributed by atoms with van der Waals surface area (Å²) in [6.07, 6.45) is 1.38. The predicted molar refractivity (Wildman–Crippen MR) is 97.8 cm³/mol. The molecule has 0 saturated carbocycles. The first kappa shape index (κ1) is 18.1. The first-order valence-electron chi connectivity index (χ1n) is 8.97. The molecular formula is C19H24N4O3. The van der Waals surface area contributed by atoms with Gasteiger partial charge in [0.25, 0.3) is 11.8 Å². The number of amides is 3. The van der Waals surface area contributed by atoms with Crippen LogP contribution in [0.1, 0.15) is 40.7 Å². The Morgan fingerprint density at radius 2 is 1.69 bits per heavy atom. The van der Waals surface area contributed by atoms with Gasteiger partial charge in [-0.25, -0.2) is 5.43 Å². The van der Waals surface area contributed by atoms with Crippen molar-refractivity contribution in [3.05, 3.63) is 34.9 Å². The zero-order valence-corrected chi connectivity index (χ0v) is 15.2. The molecule has 1 saturated heterocycles. The van der Waals surface area contributed by atoms with Crippen LogP contribution in [0.4, 0.5) is 0 Å². The molecule has 2 heterocycles. The maximum absolute atomic E-state index is 12.9. The Labute approximate surface area is 153 Å². The normalized spacial score (nSPS) is 18.1. The summed E-state index contributed by atoms with van der Waals surface area (Å²) in [4.78, 5) is 40.2. The summed E-state index contributed by atoms with van der Waals surface area (Å²) in [5, 5.41) is 3.88. The molecule has 1 fully saturated rings. The van der Waals surface area contributed by atoms with Crippen LogP contribution in [0, 0.1) is 13.8 Å².